The van der Waals surface area contributed by atoms with E-state index in [2.05, 4.69) is 4.90 Å². The summed E-state index contributed by atoms with van der Waals surface area (Å²) in [4.78, 5) is 14.1. The van der Waals surface area contributed by atoms with Gasteiger partial charge in [0, 0.05) is 19.6 Å². The van der Waals surface area contributed by atoms with Crippen LogP contribution in [-0.2, 0) is 4.79 Å². The van der Waals surface area contributed by atoms with E-state index in [9.17, 15) is 14.3 Å². The number of aryl methyl sites for hydroxylation is 1. The molecule has 0 aromatic heterocycles. The molecule has 20 heavy (non-hydrogen) atoms. The van der Waals surface area contributed by atoms with Gasteiger partial charge in [-0.3, -0.25) is 4.79 Å². The summed E-state index contributed by atoms with van der Waals surface area (Å²) in [5.41, 5.74) is 1.34. The van der Waals surface area contributed by atoms with E-state index in [1.807, 2.05) is 6.07 Å². The first-order chi connectivity index (χ1) is 9.47. The number of ketones is 1. The summed E-state index contributed by atoms with van der Waals surface area (Å²) in [5, 5.41) is 9.51. The zero-order chi connectivity index (χ0) is 14.7. The molecule has 2 rings (SSSR count). The van der Waals surface area contributed by atoms with Crippen molar-refractivity contribution in [3.63, 3.8) is 0 Å². The lowest BCUT2D eigenvalue weighted by Gasteiger charge is -2.32. The van der Waals surface area contributed by atoms with Crippen molar-refractivity contribution < 1.29 is 14.3 Å². The number of halogens is 1. The average Bonchev–Trinajstić information content (AvgIpc) is 2.41. The molecule has 1 aliphatic rings. The van der Waals surface area contributed by atoms with Gasteiger partial charge in [0.25, 0.3) is 0 Å². The van der Waals surface area contributed by atoms with Gasteiger partial charge >= 0.3 is 0 Å². The first-order valence-electron chi connectivity index (χ1n) is 7.14. The van der Waals surface area contributed by atoms with Crippen LogP contribution >= 0.6 is 0 Å². The predicted octanol–water partition coefficient (Wildman–Crippen LogP) is 2.26. The van der Waals surface area contributed by atoms with Gasteiger partial charge in [0.1, 0.15) is 11.6 Å². The second-order valence-corrected chi connectivity index (χ2v) is 5.70. The van der Waals surface area contributed by atoms with Gasteiger partial charge in [0.05, 0.1) is 12.0 Å². The van der Waals surface area contributed by atoms with Crippen molar-refractivity contribution in [2.45, 2.75) is 38.7 Å². The maximum absolute atomic E-state index is 13.7. The number of hydrogen-bond donors (Lipinski definition) is 1. The molecule has 1 heterocycles. The molecule has 4 heteroatoms. The van der Waals surface area contributed by atoms with Crippen LogP contribution in [0.4, 0.5) is 4.39 Å². The molecule has 3 nitrogen and oxygen atoms in total. The van der Waals surface area contributed by atoms with E-state index in [1.165, 1.54) is 6.07 Å². The molecule has 0 spiro atoms. The third kappa shape index (κ3) is 3.64. The fourth-order valence-electron chi connectivity index (χ4n) is 2.65. The van der Waals surface area contributed by atoms with Crippen LogP contribution in [0.1, 0.15) is 36.8 Å². The molecule has 0 radical (unpaired) electrons. The molecule has 1 aliphatic heterocycles. The van der Waals surface area contributed by atoms with Crippen LogP contribution in [0, 0.1) is 12.7 Å². The molecule has 0 bridgehead atoms. The number of likely N-dealkylation sites (tertiary alicyclic amines) is 1. The number of Topliss-reactive ketones (excluding diaryl/α,β-unsaturated/α-hetero) is 1. The lowest BCUT2D eigenvalue weighted by atomic mass is 9.93. The SMILES string of the molecule is CC(=O)C(CN1CCC(O)CC1)c1ccc(C)c(F)c1. The normalized spacial score (nSPS) is 19.0. The van der Waals surface area contributed by atoms with Crippen molar-refractivity contribution in [2.75, 3.05) is 19.6 Å². The van der Waals surface area contributed by atoms with Gasteiger partial charge in [0.2, 0.25) is 0 Å². The van der Waals surface area contributed by atoms with Crippen molar-refractivity contribution in [2.24, 2.45) is 0 Å². The number of aliphatic hydroxyl groups is 1. The van der Waals surface area contributed by atoms with Crippen molar-refractivity contribution >= 4 is 5.78 Å². The third-order valence-electron chi connectivity index (χ3n) is 4.09. The van der Waals surface area contributed by atoms with Gasteiger partial charge in [-0.15, -0.1) is 0 Å². The highest BCUT2D eigenvalue weighted by Gasteiger charge is 2.24. The van der Waals surface area contributed by atoms with Crippen LogP contribution in [0.25, 0.3) is 0 Å². The number of hydrogen-bond acceptors (Lipinski definition) is 3. The highest BCUT2D eigenvalue weighted by Crippen LogP contribution is 2.22. The molecular formula is C16H22FNO2. The molecule has 1 aromatic rings. The number of nitrogens with zero attached hydrogens (tertiary/aromatic N) is 1. The molecule has 1 N–H and O–H groups in total. The molecule has 1 fully saturated rings. The molecule has 110 valence electrons. The quantitative estimate of drug-likeness (QED) is 0.919. The van der Waals surface area contributed by atoms with Gasteiger partial charge in [-0.1, -0.05) is 12.1 Å². The summed E-state index contributed by atoms with van der Waals surface area (Å²) in [6.07, 6.45) is 1.26. The standard InChI is InChI=1S/C16H22FNO2/c1-11-3-4-13(9-16(11)17)15(12(2)19)10-18-7-5-14(20)6-8-18/h3-4,9,14-15,20H,5-8,10H2,1-2H3. The first-order valence-corrected chi connectivity index (χ1v) is 7.14. The Kier molecular flexibility index (Phi) is 4.89. The summed E-state index contributed by atoms with van der Waals surface area (Å²) in [7, 11) is 0. The minimum Gasteiger partial charge on any atom is -0.393 e. The second-order valence-electron chi connectivity index (χ2n) is 5.70. The van der Waals surface area contributed by atoms with Gasteiger partial charge in [0.15, 0.2) is 0 Å². The van der Waals surface area contributed by atoms with Crippen LogP contribution in [0.3, 0.4) is 0 Å². The van der Waals surface area contributed by atoms with Crippen LogP contribution in [0.2, 0.25) is 0 Å². The summed E-state index contributed by atoms with van der Waals surface area (Å²) in [6, 6.07) is 5.03. The van der Waals surface area contributed by atoms with E-state index in [0.717, 1.165) is 31.5 Å². The fraction of sp³-hybridized carbons (Fsp3) is 0.562. The Hall–Kier alpha value is -1.26. The van der Waals surface area contributed by atoms with Crippen LogP contribution < -0.4 is 0 Å². The Bertz CT molecular complexity index is 481. The Morgan fingerprint density at radius 1 is 1.45 bits per heavy atom. The maximum Gasteiger partial charge on any atom is 0.138 e. The minimum absolute atomic E-state index is 0.0550. The Morgan fingerprint density at radius 2 is 2.10 bits per heavy atom. The number of benzene rings is 1. The van der Waals surface area contributed by atoms with E-state index in [1.54, 1.807) is 19.9 Å². The van der Waals surface area contributed by atoms with Crippen molar-refractivity contribution in [3.8, 4) is 0 Å². The molecule has 1 saturated heterocycles. The predicted molar refractivity (Wildman–Crippen MR) is 76.2 cm³/mol. The number of carbonyl (C=O) groups excluding carboxylic acids is 1. The number of carbonyl (C=O) groups is 1. The number of piperidine rings is 1. The van der Waals surface area contributed by atoms with E-state index >= 15 is 0 Å². The summed E-state index contributed by atoms with van der Waals surface area (Å²) in [5.74, 6) is -0.498. The van der Waals surface area contributed by atoms with Gasteiger partial charge in [-0.05, 0) is 43.9 Å². The molecule has 0 aliphatic carbocycles. The Morgan fingerprint density at radius 3 is 2.65 bits per heavy atom. The maximum atomic E-state index is 13.7. The highest BCUT2D eigenvalue weighted by atomic mass is 19.1. The second kappa shape index (κ2) is 6.46. The average molecular weight is 279 g/mol. The summed E-state index contributed by atoms with van der Waals surface area (Å²) < 4.78 is 13.7. The summed E-state index contributed by atoms with van der Waals surface area (Å²) in [6.45, 7) is 5.46. The van der Waals surface area contributed by atoms with Crippen molar-refractivity contribution in [1.29, 1.82) is 0 Å². The monoisotopic (exact) mass is 279 g/mol. The topological polar surface area (TPSA) is 40.5 Å². The van der Waals surface area contributed by atoms with E-state index in [4.69, 9.17) is 0 Å². The van der Waals surface area contributed by atoms with Gasteiger partial charge in [-0.2, -0.15) is 0 Å². The molecule has 1 unspecified atom stereocenters. The molecule has 0 amide bonds. The zero-order valence-corrected chi connectivity index (χ0v) is 12.1. The van der Waals surface area contributed by atoms with Gasteiger partial charge in [-0.25, -0.2) is 4.39 Å². The number of aliphatic hydroxyl groups excluding tert-OH is 1. The third-order valence-corrected chi connectivity index (χ3v) is 4.09. The van der Waals surface area contributed by atoms with Crippen LogP contribution in [-0.4, -0.2) is 41.5 Å². The molecule has 1 atom stereocenters. The van der Waals surface area contributed by atoms with Gasteiger partial charge < -0.3 is 10.0 Å². The van der Waals surface area contributed by atoms with E-state index < -0.39 is 0 Å². The van der Waals surface area contributed by atoms with E-state index in [0.29, 0.717) is 12.1 Å². The highest BCUT2D eigenvalue weighted by molar-refractivity contribution is 5.83. The van der Waals surface area contributed by atoms with Crippen LogP contribution in [0.15, 0.2) is 18.2 Å². The largest absolute Gasteiger partial charge is 0.393 e. The smallest absolute Gasteiger partial charge is 0.138 e. The van der Waals surface area contributed by atoms with Crippen LogP contribution in [0.5, 0.6) is 0 Å². The lowest BCUT2D eigenvalue weighted by Crippen LogP contribution is -2.39. The Balaban J connectivity index is 2.10. The minimum atomic E-state index is -0.291. The lowest BCUT2D eigenvalue weighted by molar-refractivity contribution is -0.119. The summed E-state index contributed by atoms with van der Waals surface area (Å²) >= 11 is 0. The van der Waals surface area contributed by atoms with E-state index in [-0.39, 0.29) is 23.6 Å². The molecule has 0 saturated carbocycles. The first kappa shape index (κ1) is 15.1. The zero-order valence-electron chi connectivity index (χ0n) is 12.1. The van der Waals surface area contributed by atoms with Crippen molar-refractivity contribution in [3.05, 3.63) is 35.1 Å². The fourth-order valence-corrected chi connectivity index (χ4v) is 2.65. The number of rotatable bonds is 4. The molecular weight excluding hydrogens is 257 g/mol. The van der Waals surface area contributed by atoms with Crippen molar-refractivity contribution in [1.82, 2.24) is 4.90 Å². The molecule has 1 aromatic carbocycles. The Labute approximate surface area is 119 Å².